The lowest BCUT2D eigenvalue weighted by Crippen LogP contribution is -2.53. The van der Waals surface area contributed by atoms with Crippen molar-refractivity contribution in [3.8, 4) is 0 Å². The molecule has 0 fully saturated rings. The van der Waals surface area contributed by atoms with Crippen molar-refractivity contribution >= 4 is 22.1 Å². The Bertz CT molecular complexity index is 1000. The molecular weight excluding hydrogens is 733 g/mol. The van der Waals surface area contributed by atoms with Crippen molar-refractivity contribution in [1.82, 2.24) is 0 Å². The molecule has 0 amide bonds. The zero-order valence-corrected chi connectivity index (χ0v) is 38.7. The second-order valence-electron chi connectivity index (χ2n) is 17.9. The first kappa shape index (κ1) is 55.9. The number of carbonyl (C=O) groups is 2. The molecule has 0 rings (SSSR count). The molecule has 0 aromatic heterocycles. The van der Waals surface area contributed by atoms with Gasteiger partial charge in [-0.05, 0) is 12.8 Å². The molecular formula is C49H96O7S. The Kier molecular flexibility index (Phi) is 39.5. The van der Waals surface area contributed by atoms with E-state index < -0.39 is 39.1 Å². The van der Waals surface area contributed by atoms with Gasteiger partial charge in [-0.2, -0.15) is 8.42 Å². The Labute approximate surface area is 354 Å². The van der Waals surface area contributed by atoms with Gasteiger partial charge in [0.2, 0.25) is 0 Å². The number of carboxylic acids is 2. The maximum Gasteiger partial charge on any atom is 0.327 e. The summed E-state index contributed by atoms with van der Waals surface area (Å²) in [6.45, 7) is 4.54. The molecule has 0 aromatic carbocycles. The summed E-state index contributed by atoms with van der Waals surface area (Å²) in [6, 6.07) is 0. The average Bonchev–Trinajstić information content (AvgIpc) is 3.16. The van der Waals surface area contributed by atoms with Crippen LogP contribution in [-0.4, -0.2) is 39.9 Å². The van der Waals surface area contributed by atoms with Gasteiger partial charge in [0.05, 0.1) is 6.42 Å². The van der Waals surface area contributed by atoms with Crippen LogP contribution in [0, 0.1) is 5.92 Å². The smallest absolute Gasteiger partial charge is 0.327 e. The number of carboxylic acid groups (broad SMARTS) is 2. The van der Waals surface area contributed by atoms with Gasteiger partial charge in [-0.15, -0.1) is 0 Å². The van der Waals surface area contributed by atoms with Gasteiger partial charge < -0.3 is 10.2 Å². The van der Waals surface area contributed by atoms with Crippen LogP contribution < -0.4 is 0 Å². The minimum absolute atomic E-state index is 0.163. The largest absolute Gasteiger partial charge is 0.481 e. The fourth-order valence-corrected chi connectivity index (χ4v) is 10.2. The van der Waals surface area contributed by atoms with Crippen molar-refractivity contribution in [1.29, 1.82) is 0 Å². The molecule has 7 nitrogen and oxygen atoms in total. The summed E-state index contributed by atoms with van der Waals surface area (Å²) < 4.78 is 33.3. The zero-order valence-electron chi connectivity index (χ0n) is 37.9. The van der Waals surface area contributed by atoms with Gasteiger partial charge >= 0.3 is 11.9 Å². The monoisotopic (exact) mass is 829 g/mol. The van der Waals surface area contributed by atoms with Crippen LogP contribution in [-0.2, 0) is 19.7 Å². The highest BCUT2D eigenvalue weighted by Crippen LogP contribution is 2.38. The fourth-order valence-electron chi connectivity index (χ4n) is 8.94. The van der Waals surface area contributed by atoms with Crippen molar-refractivity contribution in [2.45, 2.75) is 295 Å². The lowest BCUT2D eigenvalue weighted by Gasteiger charge is -2.34. The van der Waals surface area contributed by atoms with Crippen molar-refractivity contribution in [3.05, 3.63) is 0 Å². The predicted molar refractivity (Wildman–Crippen MR) is 243 cm³/mol. The number of aliphatic carboxylic acids is 2. The van der Waals surface area contributed by atoms with Crippen LogP contribution >= 0.6 is 0 Å². The number of rotatable bonds is 47. The molecule has 8 heteroatoms. The summed E-state index contributed by atoms with van der Waals surface area (Å²) >= 11 is 0. The number of hydrogen-bond acceptors (Lipinski definition) is 4. The van der Waals surface area contributed by atoms with Gasteiger partial charge in [0.15, 0.2) is 4.75 Å². The third kappa shape index (κ3) is 32.3. The minimum atomic E-state index is -5.03. The van der Waals surface area contributed by atoms with E-state index >= 15 is 0 Å². The second-order valence-corrected chi connectivity index (χ2v) is 19.6. The second kappa shape index (κ2) is 40.3. The normalized spacial score (nSPS) is 13.5. The zero-order chi connectivity index (χ0) is 42.1. The van der Waals surface area contributed by atoms with Crippen molar-refractivity contribution in [2.75, 3.05) is 0 Å². The van der Waals surface area contributed by atoms with Crippen LogP contribution in [0.25, 0.3) is 0 Å². The van der Waals surface area contributed by atoms with E-state index in [9.17, 15) is 32.8 Å². The maximum atomic E-state index is 12.7. The lowest BCUT2D eigenvalue weighted by atomic mass is 9.80. The highest BCUT2D eigenvalue weighted by molar-refractivity contribution is 7.88. The lowest BCUT2D eigenvalue weighted by molar-refractivity contribution is -0.144. The number of hydrogen-bond donors (Lipinski definition) is 3. The van der Waals surface area contributed by atoms with Gasteiger partial charge in [-0.25, -0.2) is 0 Å². The molecule has 0 radical (unpaired) electrons. The first-order valence-electron chi connectivity index (χ1n) is 25.1. The van der Waals surface area contributed by atoms with E-state index in [2.05, 4.69) is 13.8 Å². The molecule has 3 N–H and O–H groups in total. The van der Waals surface area contributed by atoms with Crippen molar-refractivity contribution in [3.63, 3.8) is 0 Å². The first-order chi connectivity index (χ1) is 27.6. The Hall–Kier alpha value is -1.15. The van der Waals surface area contributed by atoms with E-state index in [1.54, 1.807) is 0 Å². The molecule has 2 unspecified atom stereocenters. The molecule has 0 saturated heterocycles. The van der Waals surface area contributed by atoms with Gasteiger partial charge in [-0.1, -0.05) is 271 Å². The summed E-state index contributed by atoms with van der Waals surface area (Å²) in [5, 5.41) is 19.9. The molecule has 0 aromatic rings. The first-order valence-corrected chi connectivity index (χ1v) is 26.5. The van der Waals surface area contributed by atoms with Crippen LogP contribution in [0.5, 0.6) is 0 Å². The summed E-state index contributed by atoms with van der Waals surface area (Å²) in [4.78, 5) is 24.4. The van der Waals surface area contributed by atoms with Gasteiger partial charge in [0, 0.05) is 5.92 Å². The third-order valence-electron chi connectivity index (χ3n) is 12.7. The standard InChI is InChI=1S/C49H96O7S/c1-3-5-7-9-11-13-15-17-19-21-23-25-27-29-31-33-35-37-39-41-43-46(45-47(50)51)49(48(52)53,57(54,55)56)44-42-40-38-36-34-32-30-28-26-24-22-20-18-16-14-12-10-8-6-4-2/h46H,3-45H2,1-2H3,(H,50,51)(H,52,53)(H,54,55,56). The van der Waals surface area contributed by atoms with Crippen LogP contribution in [0.4, 0.5) is 0 Å². The molecule has 2 atom stereocenters. The summed E-state index contributed by atoms with van der Waals surface area (Å²) in [7, 11) is -5.03. The summed E-state index contributed by atoms with van der Waals surface area (Å²) in [5.41, 5.74) is 0. The van der Waals surface area contributed by atoms with Crippen molar-refractivity contribution < 1.29 is 32.8 Å². The summed E-state index contributed by atoms with van der Waals surface area (Å²) in [6.07, 6.45) is 48.3. The van der Waals surface area contributed by atoms with Crippen molar-refractivity contribution in [2.24, 2.45) is 5.92 Å². The molecule has 0 spiro atoms. The molecule has 0 heterocycles. The van der Waals surface area contributed by atoms with E-state index in [-0.39, 0.29) is 12.8 Å². The topological polar surface area (TPSA) is 129 Å². The van der Waals surface area contributed by atoms with E-state index in [1.165, 1.54) is 193 Å². The predicted octanol–water partition coefficient (Wildman–Crippen LogP) is 16.2. The van der Waals surface area contributed by atoms with Gasteiger partial charge in [0.1, 0.15) is 0 Å². The van der Waals surface area contributed by atoms with Crippen LogP contribution in [0.1, 0.15) is 290 Å². The van der Waals surface area contributed by atoms with E-state index in [0.717, 1.165) is 44.9 Å². The molecule has 340 valence electrons. The Morgan fingerprint density at radius 1 is 0.404 bits per heavy atom. The average molecular weight is 829 g/mol. The Morgan fingerprint density at radius 3 is 0.842 bits per heavy atom. The van der Waals surface area contributed by atoms with E-state index in [0.29, 0.717) is 19.3 Å². The molecule has 0 bridgehead atoms. The van der Waals surface area contributed by atoms with Gasteiger partial charge in [0.25, 0.3) is 10.1 Å². The quantitative estimate of drug-likeness (QED) is 0.0411. The SMILES string of the molecule is CCCCCCCCCCCCCCCCCCCCCCC(CC(=O)O)C(CCCCCCCCCCCCCCCCCCCCCC)(C(=O)O)S(=O)(=O)O. The fraction of sp³-hybridized carbons (Fsp3) is 0.959. The molecule has 0 aliphatic heterocycles. The highest BCUT2D eigenvalue weighted by atomic mass is 32.2. The Morgan fingerprint density at radius 2 is 0.632 bits per heavy atom. The molecule has 0 aliphatic rings. The minimum Gasteiger partial charge on any atom is -0.481 e. The maximum absolute atomic E-state index is 12.7. The Balaban J connectivity index is 4.20. The van der Waals surface area contributed by atoms with Crippen LogP contribution in [0.3, 0.4) is 0 Å². The van der Waals surface area contributed by atoms with Crippen LogP contribution in [0.15, 0.2) is 0 Å². The number of unbranched alkanes of at least 4 members (excludes halogenated alkanes) is 38. The van der Waals surface area contributed by atoms with E-state index in [4.69, 9.17) is 0 Å². The van der Waals surface area contributed by atoms with Gasteiger partial charge in [-0.3, -0.25) is 14.1 Å². The molecule has 0 saturated carbocycles. The molecule has 0 aliphatic carbocycles. The van der Waals surface area contributed by atoms with Crippen LogP contribution in [0.2, 0.25) is 0 Å². The van der Waals surface area contributed by atoms with E-state index in [1.807, 2.05) is 0 Å². The third-order valence-corrected chi connectivity index (χ3v) is 14.3. The molecule has 57 heavy (non-hydrogen) atoms. The summed E-state index contributed by atoms with van der Waals surface area (Å²) in [5.74, 6) is -4.02. The highest BCUT2D eigenvalue weighted by Gasteiger charge is 2.56.